The molecule has 3 aliphatic heterocycles. The molecule has 0 unspecified atom stereocenters. The van der Waals surface area contributed by atoms with E-state index in [4.69, 9.17) is 0 Å². The van der Waals surface area contributed by atoms with E-state index in [9.17, 15) is 0 Å². The van der Waals surface area contributed by atoms with Gasteiger partial charge in [-0.25, -0.2) is 0 Å². The summed E-state index contributed by atoms with van der Waals surface area (Å²) >= 11 is 0. The van der Waals surface area contributed by atoms with E-state index < -0.39 is 0 Å². The van der Waals surface area contributed by atoms with Crippen molar-refractivity contribution in [2.75, 3.05) is 20.1 Å². The van der Waals surface area contributed by atoms with E-state index in [0.717, 1.165) is 12.1 Å². The summed E-state index contributed by atoms with van der Waals surface area (Å²) in [5, 5.41) is 3.37. The number of piperazine rings is 1. The summed E-state index contributed by atoms with van der Waals surface area (Å²) in [5.41, 5.74) is 0. The van der Waals surface area contributed by atoms with Crippen LogP contribution in [-0.4, -0.2) is 37.1 Å². The average molecular weight is 112 g/mol. The first kappa shape index (κ1) is 4.77. The third-order valence-corrected chi connectivity index (χ3v) is 2.46. The van der Waals surface area contributed by atoms with E-state index in [1.165, 1.54) is 19.5 Å². The van der Waals surface area contributed by atoms with Crippen LogP contribution in [0.15, 0.2) is 0 Å². The highest BCUT2D eigenvalue weighted by Crippen LogP contribution is 2.25. The van der Waals surface area contributed by atoms with Crippen LogP contribution in [0.25, 0.3) is 0 Å². The van der Waals surface area contributed by atoms with Crippen molar-refractivity contribution in [1.82, 2.24) is 10.2 Å². The Balaban J connectivity index is 2.03. The predicted octanol–water partition coefficient (Wildman–Crippen LogP) is -0.338. The molecular formula is C6H12N2. The molecule has 8 heavy (non-hydrogen) atoms. The molecule has 2 heteroatoms. The summed E-state index contributed by atoms with van der Waals surface area (Å²) in [6.07, 6.45) is 1.43. The Morgan fingerprint density at radius 2 is 2.00 bits per heavy atom. The molecule has 0 saturated carbocycles. The van der Waals surface area contributed by atoms with Gasteiger partial charge in [0.05, 0.1) is 0 Å². The first-order valence-corrected chi connectivity index (χ1v) is 3.30. The van der Waals surface area contributed by atoms with Crippen LogP contribution in [0.4, 0.5) is 0 Å². The van der Waals surface area contributed by atoms with Gasteiger partial charge in [0.25, 0.3) is 0 Å². The Kier molecular flexibility index (Phi) is 0.866. The van der Waals surface area contributed by atoms with Crippen molar-refractivity contribution in [3.63, 3.8) is 0 Å². The van der Waals surface area contributed by atoms with Crippen molar-refractivity contribution in [1.29, 1.82) is 0 Å². The van der Waals surface area contributed by atoms with Gasteiger partial charge in [0.2, 0.25) is 0 Å². The van der Waals surface area contributed by atoms with Gasteiger partial charge in [-0.2, -0.15) is 0 Å². The van der Waals surface area contributed by atoms with Gasteiger partial charge in [0.15, 0.2) is 0 Å². The highest BCUT2D eigenvalue weighted by atomic mass is 15.3. The van der Waals surface area contributed by atoms with Crippen molar-refractivity contribution in [3.05, 3.63) is 0 Å². The number of hydrogen-bond donors (Lipinski definition) is 1. The molecule has 2 atom stereocenters. The van der Waals surface area contributed by atoms with Crippen LogP contribution < -0.4 is 5.32 Å². The molecule has 0 radical (unpaired) electrons. The molecular weight excluding hydrogens is 100 g/mol. The molecule has 0 aromatic carbocycles. The average Bonchev–Trinajstić information content (AvgIpc) is 1.89. The van der Waals surface area contributed by atoms with Gasteiger partial charge >= 0.3 is 0 Å². The molecule has 3 heterocycles. The largest absolute Gasteiger partial charge is 0.314 e. The van der Waals surface area contributed by atoms with E-state index in [0.29, 0.717) is 0 Å². The Morgan fingerprint density at radius 3 is 2.25 bits per heavy atom. The highest BCUT2D eigenvalue weighted by molar-refractivity contribution is 4.97. The number of likely N-dealkylation sites (N-methyl/N-ethyl adjacent to an activating group) is 1. The van der Waals surface area contributed by atoms with Crippen molar-refractivity contribution in [3.8, 4) is 0 Å². The van der Waals surface area contributed by atoms with Gasteiger partial charge in [-0.1, -0.05) is 0 Å². The summed E-state index contributed by atoms with van der Waals surface area (Å²) in [5.74, 6) is 0. The lowest BCUT2D eigenvalue weighted by Crippen LogP contribution is -2.66. The highest BCUT2D eigenvalue weighted by Gasteiger charge is 2.37. The molecule has 0 aliphatic carbocycles. The van der Waals surface area contributed by atoms with Crippen molar-refractivity contribution in [2.45, 2.75) is 18.5 Å². The molecule has 0 aromatic heterocycles. The van der Waals surface area contributed by atoms with Crippen molar-refractivity contribution in [2.24, 2.45) is 0 Å². The summed E-state index contributed by atoms with van der Waals surface area (Å²) in [6, 6.07) is 1.74. The second kappa shape index (κ2) is 1.45. The fourth-order valence-corrected chi connectivity index (χ4v) is 1.68. The molecule has 3 rings (SSSR count). The van der Waals surface area contributed by atoms with Crippen LogP contribution in [0, 0.1) is 0 Å². The number of rotatable bonds is 0. The van der Waals surface area contributed by atoms with Gasteiger partial charge in [0, 0.05) is 25.2 Å². The summed E-state index contributed by atoms with van der Waals surface area (Å²) in [7, 11) is 2.22. The molecule has 3 fully saturated rings. The maximum Gasteiger partial charge on any atom is 0.0236 e. The maximum absolute atomic E-state index is 3.37. The van der Waals surface area contributed by atoms with Gasteiger partial charge < -0.3 is 5.32 Å². The van der Waals surface area contributed by atoms with Crippen LogP contribution in [0.2, 0.25) is 0 Å². The zero-order valence-electron chi connectivity index (χ0n) is 5.22. The van der Waals surface area contributed by atoms with Crippen LogP contribution in [0.1, 0.15) is 6.42 Å². The monoisotopic (exact) mass is 112 g/mol. The number of nitrogens with one attached hydrogen (secondary N) is 1. The Bertz CT molecular complexity index is 88.7. The van der Waals surface area contributed by atoms with Gasteiger partial charge in [-0.3, -0.25) is 4.90 Å². The van der Waals surface area contributed by atoms with Crippen molar-refractivity contribution < 1.29 is 0 Å². The zero-order valence-corrected chi connectivity index (χ0v) is 5.22. The number of fused-ring (bicyclic) bond motifs is 2. The predicted molar refractivity (Wildman–Crippen MR) is 32.8 cm³/mol. The Hall–Kier alpha value is -0.0800. The molecule has 0 aromatic rings. The molecule has 1 N–H and O–H groups in total. The minimum Gasteiger partial charge on any atom is -0.314 e. The standard InChI is InChI=1S/C6H12N2/c1-8-5-2-6(8)4-7-3-5/h5-7H,2-4H2,1H3/t5-,6+. The number of nitrogens with zero attached hydrogens (tertiary/aromatic N) is 1. The molecule has 2 bridgehead atoms. The van der Waals surface area contributed by atoms with Crippen LogP contribution in [0.5, 0.6) is 0 Å². The lowest BCUT2D eigenvalue weighted by atomic mass is 9.90. The zero-order chi connectivity index (χ0) is 5.56. The minimum atomic E-state index is 0.869. The lowest BCUT2D eigenvalue weighted by molar-refractivity contribution is 0.0125. The van der Waals surface area contributed by atoms with Crippen LogP contribution in [-0.2, 0) is 0 Å². The number of piperidine rings is 1. The van der Waals surface area contributed by atoms with E-state index in [-0.39, 0.29) is 0 Å². The molecule has 3 aliphatic rings. The maximum atomic E-state index is 3.37. The first-order chi connectivity index (χ1) is 3.88. The molecule has 3 saturated heterocycles. The normalized spacial score (nSPS) is 46.1. The van der Waals surface area contributed by atoms with Gasteiger partial charge in [0.1, 0.15) is 0 Å². The lowest BCUT2D eigenvalue weighted by Gasteiger charge is -2.51. The topological polar surface area (TPSA) is 15.3 Å². The van der Waals surface area contributed by atoms with E-state index in [1.807, 2.05) is 0 Å². The summed E-state index contributed by atoms with van der Waals surface area (Å²) in [6.45, 7) is 2.43. The van der Waals surface area contributed by atoms with E-state index in [1.54, 1.807) is 0 Å². The fraction of sp³-hybridized carbons (Fsp3) is 1.00. The third-order valence-electron chi connectivity index (χ3n) is 2.46. The fourth-order valence-electron chi connectivity index (χ4n) is 1.68. The van der Waals surface area contributed by atoms with E-state index >= 15 is 0 Å². The molecule has 0 amide bonds. The quantitative estimate of drug-likeness (QED) is 0.461. The Morgan fingerprint density at radius 1 is 1.38 bits per heavy atom. The second-order valence-electron chi connectivity index (χ2n) is 2.87. The van der Waals surface area contributed by atoms with Gasteiger partial charge in [-0.05, 0) is 13.5 Å². The minimum absolute atomic E-state index is 0.869. The van der Waals surface area contributed by atoms with E-state index in [2.05, 4.69) is 17.3 Å². The SMILES string of the molecule is CN1[C@@H]2CNC[C@H]1C2. The molecule has 2 nitrogen and oxygen atoms in total. The van der Waals surface area contributed by atoms with Crippen molar-refractivity contribution >= 4 is 0 Å². The third kappa shape index (κ3) is 0.446. The number of hydrogen-bond acceptors (Lipinski definition) is 2. The van der Waals surface area contributed by atoms with Crippen LogP contribution >= 0.6 is 0 Å². The van der Waals surface area contributed by atoms with Gasteiger partial charge in [-0.15, -0.1) is 0 Å². The summed E-state index contributed by atoms with van der Waals surface area (Å²) in [4.78, 5) is 2.47. The van der Waals surface area contributed by atoms with Crippen LogP contribution in [0.3, 0.4) is 0 Å². The molecule has 0 spiro atoms. The summed E-state index contributed by atoms with van der Waals surface area (Å²) < 4.78 is 0. The first-order valence-electron chi connectivity index (χ1n) is 3.30. The smallest absolute Gasteiger partial charge is 0.0236 e. The Labute approximate surface area is 49.9 Å². The molecule has 46 valence electrons. The second-order valence-corrected chi connectivity index (χ2v) is 2.87.